The smallest absolute Gasteiger partial charge is 0.0320 e. The molecule has 0 saturated carbocycles. The summed E-state index contributed by atoms with van der Waals surface area (Å²) in [6, 6.07) is 1.18. The molecule has 14 heavy (non-hydrogen) atoms. The van der Waals surface area contributed by atoms with Gasteiger partial charge in [-0.05, 0) is 18.3 Å². The summed E-state index contributed by atoms with van der Waals surface area (Å²) in [5.41, 5.74) is 0.297. The van der Waals surface area contributed by atoms with Crippen LogP contribution in [0, 0.1) is 11.3 Å². The van der Waals surface area contributed by atoms with Crippen LogP contribution in [0.2, 0.25) is 0 Å². The second-order valence-corrected chi connectivity index (χ2v) is 5.44. The first kappa shape index (κ1) is 11.7. The van der Waals surface area contributed by atoms with Gasteiger partial charge in [-0.15, -0.1) is 6.58 Å². The van der Waals surface area contributed by atoms with Crippen molar-refractivity contribution in [1.29, 1.82) is 0 Å². The van der Waals surface area contributed by atoms with Gasteiger partial charge in [-0.25, -0.2) is 0 Å². The number of hydrogen-bond acceptors (Lipinski definition) is 2. The van der Waals surface area contributed by atoms with E-state index in [4.69, 9.17) is 0 Å². The average molecular weight is 196 g/mol. The Bertz CT molecular complexity index is 189. The zero-order chi connectivity index (χ0) is 10.8. The molecule has 1 fully saturated rings. The maximum Gasteiger partial charge on any atom is 0.0320 e. The van der Waals surface area contributed by atoms with Crippen molar-refractivity contribution in [2.45, 2.75) is 39.8 Å². The molecule has 1 saturated heterocycles. The van der Waals surface area contributed by atoms with E-state index in [2.05, 4.69) is 51.0 Å². The third-order valence-corrected chi connectivity index (χ3v) is 3.07. The van der Waals surface area contributed by atoms with E-state index in [1.54, 1.807) is 0 Å². The lowest BCUT2D eigenvalue weighted by molar-refractivity contribution is 0.208. The van der Waals surface area contributed by atoms with E-state index < -0.39 is 0 Å². The van der Waals surface area contributed by atoms with Gasteiger partial charge in [0.2, 0.25) is 0 Å². The molecule has 0 spiro atoms. The molecule has 2 nitrogen and oxygen atoms in total. The number of nitrogens with one attached hydrogen (secondary N) is 2. The first-order valence-electron chi connectivity index (χ1n) is 5.54. The monoisotopic (exact) mass is 196 g/mol. The number of rotatable bonds is 4. The molecule has 1 aliphatic rings. The zero-order valence-electron chi connectivity index (χ0n) is 9.93. The predicted molar refractivity (Wildman–Crippen MR) is 62.4 cm³/mol. The highest BCUT2D eigenvalue weighted by Crippen LogP contribution is 2.29. The van der Waals surface area contributed by atoms with Crippen molar-refractivity contribution in [3.8, 4) is 0 Å². The van der Waals surface area contributed by atoms with E-state index in [1.807, 2.05) is 0 Å². The predicted octanol–water partition coefficient (Wildman–Crippen LogP) is 1.78. The SMILES string of the molecule is C=CC(C(C)NC1CNC1)C(C)(C)C. The Balaban J connectivity index is 2.46. The Morgan fingerprint density at radius 1 is 1.43 bits per heavy atom. The van der Waals surface area contributed by atoms with Crippen LogP contribution >= 0.6 is 0 Å². The van der Waals surface area contributed by atoms with Gasteiger partial charge < -0.3 is 10.6 Å². The van der Waals surface area contributed by atoms with Crippen molar-refractivity contribution < 1.29 is 0 Å². The molecular weight excluding hydrogens is 172 g/mol. The highest BCUT2D eigenvalue weighted by atomic mass is 15.1. The Morgan fingerprint density at radius 3 is 2.29 bits per heavy atom. The standard InChI is InChI=1S/C12H24N2/c1-6-11(12(3,4)5)9(2)14-10-7-13-8-10/h6,9-11,13-14H,1,7-8H2,2-5H3. The summed E-state index contributed by atoms with van der Waals surface area (Å²) in [6.45, 7) is 15.2. The van der Waals surface area contributed by atoms with Crippen molar-refractivity contribution in [3.05, 3.63) is 12.7 Å². The van der Waals surface area contributed by atoms with Crippen LogP contribution in [0.3, 0.4) is 0 Å². The summed E-state index contributed by atoms with van der Waals surface area (Å²) in [5.74, 6) is 0.531. The van der Waals surface area contributed by atoms with E-state index >= 15 is 0 Å². The van der Waals surface area contributed by atoms with Gasteiger partial charge in [-0.1, -0.05) is 26.8 Å². The molecule has 82 valence electrons. The zero-order valence-corrected chi connectivity index (χ0v) is 9.93. The second kappa shape index (κ2) is 4.45. The summed E-state index contributed by atoms with van der Waals surface area (Å²) in [5, 5.41) is 6.91. The molecular formula is C12H24N2. The maximum absolute atomic E-state index is 3.94. The third kappa shape index (κ3) is 2.82. The molecule has 0 aliphatic carbocycles. The largest absolute Gasteiger partial charge is 0.314 e. The van der Waals surface area contributed by atoms with Gasteiger partial charge in [0.05, 0.1) is 0 Å². The van der Waals surface area contributed by atoms with Gasteiger partial charge in [0, 0.05) is 25.2 Å². The average Bonchev–Trinajstić information content (AvgIpc) is 1.95. The summed E-state index contributed by atoms with van der Waals surface area (Å²) in [6.07, 6.45) is 2.09. The van der Waals surface area contributed by atoms with Gasteiger partial charge >= 0.3 is 0 Å². The lowest BCUT2D eigenvalue weighted by Crippen LogP contribution is -2.59. The highest BCUT2D eigenvalue weighted by molar-refractivity contribution is 4.96. The van der Waals surface area contributed by atoms with Gasteiger partial charge in [0.15, 0.2) is 0 Å². The Labute approximate surface area is 88.2 Å². The summed E-state index contributed by atoms with van der Waals surface area (Å²) in [4.78, 5) is 0. The molecule has 0 aromatic heterocycles. The van der Waals surface area contributed by atoms with Crippen LogP contribution in [0.15, 0.2) is 12.7 Å². The molecule has 0 aromatic rings. The molecule has 0 radical (unpaired) electrons. The number of hydrogen-bond donors (Lipinski definition) is 2. The van der Waals surface area contributed by atoms with Crippen molar-refractivity contribution in [3.63, 3.8) is 0 Å². The van der Waals surface area contributed by atoms with E-state index in [-0.39, 0.29) is 0 Å². The van der Waals surface area contributed by atoms with Crippen LogP contribution in [0.1, 0.15) is 27.7 Å². The molecule has 0 amide bonds. The quantitative estimate of drug-likeness (QED) is 0.670. The third-order valence-electron chi connectivity index (χ3n) is 3.07. The molecule has 1 aliphatic heterocycles. The minimum atomic E-state index is 0.297. The van der Waals surface area contributed by atoms with Gasteiger partial charge in [0.25, 0.3) is 0 Å². The van der Waals surface area contributed by atoms with Gasteiger partial charge in [0.1, 0.15) is 0 Å². The lowest BCUT2D eigenvalue weighted by atomic mass is 9.76. The Kier molecular flexibility index (Phi) is 3.73. The Hall–Kier alpha value is -0.340. The fraction of sp³-hybridized carbons (Fsp3) is 0.833. The minimum Gasteiger partial charge on any atom is -0.314 e. The summed E-state index contributed by atoms with van der Waals surface area (Å²) in [7, 11) is 0. The molecule has 0 aromatic carbocycles. The van der Waals surface area contributed by atoms with E-state index in [0.29, 0.717) is 23.4 Å². The van der Waals surface area contributed by atoms with Crippen molar-refractivity contribution in [2.75, 3.05) is 13.1 Å². The van der Waals surface area contributed by atoms with Crippen LogP contribution in [-0.2, 0) is 0 Å². The first-order chi connectivity index (χ1) is 6.45. The van der Waals surface area contributed by atoms with E-state index in [0.717, 1.165) is 13.1 Å². The van der Waals surface area contributed by atoms with Crippen LogP contribution in [0.4, 0.5) is 0 Å². The molecule has 2 N–H and O–H groups in total. The molecule has 1 heterocycles. The Morgan fingerprint density at radius 2 is 2.00 bits per heavy atom. The van der Waals surface area contributed by atoms with Crippen LogP contribution in [0.5, 0.6) is 0 Å². The lowest BCUT2D eigenvalue weighted by Gasteiger charge is -2.38. The fourth-order valence-electron chi connectivity index (χ4n) is 2.19. The minimum absolute atomic E-state index is 0.297. The van der Waals surface area contributed by atoms with Crippen LogP contribution in [0.25, 0.3) is 0 Å². The summed E-state index contributed by atoms with van der Waals surface area (Å²) < 4.78 is 0. The van der Waals surface area contributed by atoms with Crippen LogP contribution < -0.4 is 10.6 Å². The van der Waals surface area contributed by atoms with Crippen molar-refractivity contribution in [2.24, 2.45) is 11.3 Å². The highest BCUT2D eigenvalue weighted by Gasteiger charge is 2.29. The maximum atomic E-state index is 3.94. The molecule has 2 unspecified atom stereocenters. The fourth-order valence-corrected chi connectivity index (χ4v) is 2.19. The molecule has 2 heteroatoms. The van der Waals surface area contributed by atoms with E-state index in [1.165, 1.54) is 0 Å². The molecule has 0 bridgehead atoms. The molecule has 2 atom stereocenters. The van der Waals surface area contributed by atoms with Crippen molar-refractivity contribution >= 4 is 0 Å². The van der Waals surface area contributed by atoms with Gasteiger partial charge in [-0.3, -0.25) is 0 Å². The second-order valence-electron chi connectivity index (χ2n) is 5.44. The summed E-state index contributed by atoms with van der Waals surface area (Å²) >= 11 is 0. The van der Waals surface area contributed by atoms with Crippen LogP contribution in [-0.4, -0.2) is 25.2 Å². The van der Waals surface area contributed by atoms with Crippen molar-refractivity contribution in [1.82, 2.24) is 10.6 Å². The van der Waals surface area contributed by atoms with E-state index in [9.17, 15) is 0 Å². The topological polar surface area (TPSA) is 24.1 Å². The molecule has 1 rings (SSSR count). The normalized spacial score (nSPS) is 22.6. The van der Waals surface area contributed by atoms with Gasteiger partial charge in [-0.2, -0.15) is 0 Å². The first-order valence-corrected chi connectivity index (χ1v) is 5.54.